The normalized spacial score (nSPS) is 10.3. The van der Waals surface area contributed by atoms with Crippen molar-refractivity contribution in [3.8, 4) is 11.4 Å². The summed E-state index contributed by atoms with van der Waals surface area (Å²) < 4.78 is 0. The molecule has 4 nitrogen and oxygen atoms in total. The predicted octanol–water partition coefficient (Wildman–Crippen LogP) is 2.86. The second-order valence-corrected chi connectivity index (χ2v) is 4.28. The van der Waals surface area contributed by atoms with Crippen molar-refractivity contribution in [1.82, 2.24) is 9.97 Å². The van der Waals surface area contributed by atoms with Gasteiger partial charge in [0, 0.05) is 29.6 Å². The quantitative estimate of drug-likeness (QED) is 0.809. The highest BCUT2D eigenvalue weighted by Crippen LogP contribution is 2.20. The lowest BCUT2D eigenvalue weighted by atomic mass is 10.2. The largest absolute Gasteiger partial charge is 0.399 e. The summed E-state index contributed by atoms with van der Waals surface area (Å²) in [5.74, 6) is 1.59. The molecule has 3 N–H and O–H groups in total. The molecule has 0 bridgehead atoms. The van der Waals surface area contributed by atoms with E-state index in [1.807, 2.05) is 37.4 Å². The molecule has 0 fully saturated rings. The first-order valence-electron chi connectivity index (χ1n) is 6.14. The average Bonchev–Trinajstić information content (AvgIpc) is 2.38. The van der Waals surface area contributed by atoms with Crippen molar-refractivity contribution in [1.29, 1.82) is 0 Å². The Balaban J connectivity index is 2.34. The molecule has 0 aliphatic carbocycles. The number of benzene rings is 1. The summed E-state index contributed by atoms with van der Waals surface area (Å²) in [7, 11) is 0. The Kier molecular flexibility index (Phi) is 3.77. The molecule has 0 spiro atoms. The lowest BCUT2D eigenvalue weighted by molar-refractivity contribution is 0.960. The minimum Gasteiger partial charge on any atom is -0.399 e. The Morgan fingerprint density at radius 1 is 1.33 bits per heavy atom. The van der Waals surface area contributed by atoms with E-state index in [-0.39, 0.29) is 0 Å². The van der Waals surface area contributed by atoms with E-state index < -0.39 is 0 Å². The maximum atomic E-state index is 5.77. The predicted molar refractivity (Wildman–Crippen MR) is 75.4 cm³/mol. The maximum Gasteiger partial charge on any atom is 0.161 e. The molecule has 0 radical (unpaired) electrons. The standard InChI is InChI=1S/C14H18N4/c1-3-7-16-13-10(2)9-17-14(18-13)11-5-4-6-12(15)8-11/h4-6,8-9H,3,7,15H2,1-2H3,(H,16,17,18). The number of nitrogens with two attached hydrogens (primary N) is 1. The number of nitrogen functional groups attached to an aromatic ring is 1. The third-order valence-electron chi connectivity index (χ3n) is 2.66. The Bertz CT molecular complexity index is 537. The van der Waals surface area contributed by atoms with E-state index in [0.29, 0.717) is 5.82 Å². The average molecular weight is 242 g/mol. The van der Waals surface area contributed by atoms with E-state index >= 15 is 0 Å². The van der Waals surface area contributed by atoms with E-state index in [1.165, 1.54) is 0 Å². The molecule has 1 aromatic carbocycles. The van der Waals surface area contributed by atoms with Crippen LogP contribution < -0.4 is 11.1 Å². The first-order valence-corrected chi connectivity index (χ1v) is 6.14. The third kappa shape index (κ3) is 2.77. The molecule has 0 aliphatic heterocycles. The smallest absolute Gasteiger partial charge is 0.161 e. The summed E-state index contributed by atoms with van der Waals surface area (Å²) in [6.07, 6.45) is 2.90. The molecule has 1 heterocycles. The first-order chi connectivity index (χ1) is 8.70. The SMILES string of the molecule is CCCNc1nc(-c2cccc(N)c2)ncc1C. The third-order valence-corrected chi connectivity index (χ3v) is 2.66. The van der Waals surface area contributed by atoms with Crippen molar-refractivity contribution < 1.29 is 0 Å². The molecule has 2 aromatic rings. The molecule has 1 aromatic heterocycles. The second-order valence-electron chi connectivity index (χ2n) is 4.28. The van der Waals surface area contributed by atoms with Crippen molar-refractivity contribution in [2.24, 2.45) is 0 Å². The summed E-state index contributed by atoms with van der Waals surface area (Å²) in [4.78, 5) is 8.90. The van der Waals surface area contributed by atoms with Crippen LogP contribution in [0.15, 0.2) is 30.5 Å². The molecule has 0 aliphatic rings. The zero-order valence-corrected chi connectivity index (χ0v) is 10.8. The number of hydrogen-bond donors (Lipinski definition) is 2. The lowest BCUT2D eigenvalue weighted by Gasteiger charge is -2.09. The molecular formula is C14H18N4. The van der Waals surface area contributed by atoms with Gasteiger partial charge in [-0.05, 0) is 25.5 Å². The molecule has 0 amide bonds. The highest BCUT2D eigenvalue weighted by molar-refractivity contribution is 5.62. The van der Waals surface area contributed by atoms with Crippen molar-refractivity contribution in [3.63, 3.8) is 0 Å². The van der Waals surface area contributed by atoms with Gasteiger partial charge in [-0.3, -0.25) is 0 Å². The van der Waals surface area contributed by atoms with Gasteiger partial charge in [-0.25, -0.2) is 9.97 Å². The number of nitrogens with zero attached hydrogens (tertiary/aromatic N) is 2. The highest BCUT2D eigenvalue weighted by Gasteiger charge is 2.05. The maximum absolute atomic E-state index is 5.77. The van der Waals surface area contributed by atoms with Crippen LogP contribution in [0.2, 0.25) is 0 Å². The van der Waals surface area contributed by atoms with Crippen LogP contribution in [-0.2, 0) is 0 Å². The van der Waals surface area contributed by atoms with Gasteiger partial charge in [0.05, 0.1) is 0 Å². The van der Waals surface area contributed by atoms with Crippen LogP contribution in [0, 0.1) is 6.92 Å². The summed E-state index contributed by atoms with van der Waals surface area (Å²) >= 11 is 0. The summed E-state index contributed by atoms with van der Waals surface area (Å²) in [6, 6.07) is 7.61. The Hall–Kier alpha value is -2.10. The topological polar surface area (TPSA) is 63.8 Å². The Morgan fingerprint density at radius 2 is 2.17 bits per heavy atom. The van der Waals surface area contributed by atoms with E-state index in [4.69, 9.17) is 5.73 Å². The summed E-state index contributed by atoms with van der Waals surface area (Å²) in [5, 5.41) is 3.31. The van der Waals surface area contributed by atoms with Crippen molar-refractivity contribution in [2.45, 2.75) is 20.3 Å². The fourth-order valence-corrected chi connectivity index (χ4v) is 1.68. The van der Waals surface area contributed by atoms with Gasteiger partial charge in [0.25, 0.3) is 0 Å². The van der Waals surface area contributed by atoms with Crippen LogP contribution >= 0.6 is 0 Å². The molecule has 94 valence electrons. The van der Waals surface area contributed by atoms with Crippen LogP contribution in [0.3, 0.4) is 0 Å². The van der Waals surface area contributed by atoms with E-state index in [0.717, 1.165) is 35.6 Å². The van der Waals surface area contributed by atoms with Gasteiger partial charge in [0.15, 0.2) is 5.82 Å². The monoisotopic (exact) mass is 242 g/mol. The molecule has 0 unspecified atom stereocenters. The molecule has 18 heavy (non-hydrogen) atoms. The molecule has 4 heteroatoms. The van der Waals surface area contributed by atoms with Gasteiger partial charge in [0.2, 0.25) is 0 Å². The van der Waals surface area contributed by atoms with Gasteiger partial charge in [0.1, 0.15) is 5.82 Å². The summed E-state index contributed by atoms with van der Waals surface area (Å²) in [5.41, 5.74) is 8.49. The number of aromatic nitrogens is 2. The number of rotatable bonds is 4. The number of hydrogen-bond acceptors (Lipinski definition) is 4. The van der Waals surface area contributed by atoms with Crippen LogP contribution in [0.4, 0.5) is 11.5 Å². The van der Waals surface area contributed by atoms with E-state index in [9.17, 15) is 0 Å². The molecule has 0 atom stereocenters. The van der Waals surface area contributed by atoms with E-state index in [1.54, 1.807) is 0 Å². The van der Waals surface area contributed by atoms with Gasteiger partial charge in [-0.2, -0.15) is 0 Å². The van der Waals surface area contributed by atoms with Crippen LogP contribution in [0.5, 0.6) is 0 Å². The van der Waals surface area contributed by atoms with Crippen molar-refractivity contribution in [2.75, 3.05) is 17.6 Å². The van der Waals surface area contributed by atoms with Crippen molar-refractivity contribution in [3.05, 3.63) is 36.0 Å². The zero-order chi connectivity index (χ0) is 13.0. The van der Waals surface area contributed by atoms with Gasteiger partial charge >= 0.3 is 0 Å². The number of aryl methyl sites for hydroxylation is 1. The minimum absolute atomic E-state index is 0.700. The lowest BCUT2D eigenvalue weighted by Crippen LogP contribution is -2.05. The molecular weight excluding hydrogens is 224 g/mol. The second kappa shape index (κ2) is 5.49. The van der Waals surface area contributed by atoms with Gasteiger partial charge in [-0.1, -0.05) is 19.1 Å². The highest BCUT2D eigenvalue weighted by atomic mass is 15.0. The van der Waals surface area contributed by atoms with Gasteiger partial charge in [-0.15, -0.1) is 0 Å². The van der Waals surface area contributed by atoms with E-state index in [2.05, 4.69) is 22.2 Å². The summed E-state index contributed by atoms with van der Waals surface area (Å²) in [6.45, 7) is 5.04. The number of nitrogens with one attached hydrogen (secondary N) is 1. The fourth-order valence-electron chi connectivity index (χ4n) is 1.68. The fraction of sp³-hybridized carbons (Fsp3) is 0.286. The van der Waals surface area contributed by atoms with Crippen LogP contribution in [0.25, 0.3) is 11.4 Å². The molecule has 0 saturated carbocycles. The Morgan fingerprint density at radius 3 is 2.89 bits per heavy atom. The number of anilines is 2. The molecule has 2 rings (SSSR count). The first kappa shape index (κ1) is 12.4. The minimum atomic E-state index is 0.700. The van der Waals surface area contributed by atoms with Crippen molar-refractivity contribution >= 4 is 11.5 Å². The van der Waals surface area contributed by atoms with Gasteiger partial charge < -0.3 is 11.1 Å². The Labute approximate surface area is 107 Å². The van der Waals surface area contributed by atoms with Crippen LogP contribution in [0.1, 0.15) is 18.9 Å². The molecule has 0 saturated heterocycles. The van der Waals surface area contributed by atoms with Crippen LogP contribution in [-0.4, -0.2) is 16.5 Å². The zero-order valence-electron chi connectivity index (χ0n) is 10.8.